The van der Waals surface area contributed by atoms with Crippen molar-refractivity contribution >= 4 is 0 Å². The van der Waals surface area contributed by atoms with Crippen LogP contribution in [0.3, 0.4) is 0 Å². The van der Waals surface area contributed by atoms with Gasteiger partial charge in [-0.25, -0.2) is 0 Å². The van der Waals surface area contributed by atoms with Gasteiger partial charge in [-0.1, -0.05) is 12.1 Å². The van der Waals surface area contributed by atoms with Gasteiger partial charge in [-0.15, -0.1) is 0 Å². The Morgan fingerprint density at radius 2 is 2.16 bits per heavy atom. The Bertz CT molecular complexity index is 404. The average Bonchev–Trinajstić information content (AvgIpc) is 2.47. The maximum Gasteiger partial charge on any atom is 0.167 e. The van der Waals surface area contributed by atoms with E-state index in [1.54, 1.807) is 7.11 Å². The quantitative estimate of drug-likeness (QED) is 0.839. The van der Waals surface area contributed by atoms with E-state index in [9.17, 15) is 5.11 Å². The van der Waals surface area contributed by atoms with Crippen molar-refractivity contribution in [3.63, 3.8) is 0 Å². The number of benzene rings is 1. The predicted octanol–water partition coefficient (Wildman–Crippen LogP) is 1.25. The van der Waals surface area contributed by atoms with Gasteiger partial charge in [-0.3, -0.25) is 0 Å². The van der Waals surface area contributed by atoms with Crippen molar-refractivity contribution in [2.75, 3.05) is 26.9 Å². The molecular weight excluding hydrogens is 246 g/mol. The molecule has 19 heavy (non-hydrogen) atoms. The summed E-state index contributed by atoms with van der Waals surface area (Å²) in [5.41, 5.74) is 6.21. The van der Waals surface area contributed by atoms with E-state index >= 15 is 0 Å². The van der Waals surface area contributed by atoms with Gasteiger partial charge in [0.15, 0.2) is 11.5 Å². The Kier molecular flexibility index (Phi) is 5.01. The van der Waals surface area contributed by atoms with E-state index in [2.05, 4.69) is 0 Å². The number of hydrogen-bond acceptors (Lipinski definition) is 5. The van der Waals surface area contributed by atoms with Crippen LogP contribution in [0.1, 0.15) is 24.5 Å². The molecule has 0 radical (unpaired) electrons. The standard InChI is InChI=1S/C14H21NO4/c1-17-13-4-2-3-11(12(16)9-15)14(13)19-10-5-7-18-8-6-10/h2-4,10,12,16H,5-9,15H2,1H3. The van der Waals surface area contributed by atoms with E-state index in [0.29, 0.717) is 30.3 Å². The first-order valence-corrected chi connectivity index (χ1v) is 6.55. The lowest BCUT2D eigenvalue weighted by Gasteiger charge is -2.26. The molecule has 1 saturated heterocycles. The maximum atomic E-state index is 9.97. The second-order valence-electron chi connectivity index (χ2n) is 4.56. The van der Waals surface area contributed by atoms with Crippen molar-refractivity contribution in [2.45, 2.75) is 25.0 Å². The average molecular weight is 267 g/mol. The van der Waals surface area contributed by atoms with Gasteiger partial charge < -0.3 is 25.1 Å². The lowest BCUT2D eigenvalue weighted by Crippen LogP contribution is -2.27. The molecular formula is C14H21NO4. The normalized spacial score (nSPS) is 18.1. The van der Waals surface area contributed by atoms with Crippen LogP contribution in [0.4, 0.5) is 0 Å². The minimum absolute atomic E-state index is 0.0915. The van der Waals surface area contributed by atoms with Crippen LogP contribution in [-0.4, -0.2) is 38.1 Å². The third kappa shape index (κ3) is 3.37. The summed E-state index contributed by atoms with van der Waals surface area (Å²) in [6, 6.07) is 5.46. The minimum atomic E-state index is -0.745. The summed E-state index contributed by atoms with van der Waals surface area (Å²) in [7, 11) is 1.59. The minimum Gasteiger partial charge on any atom is -0.493 e. The number of nitrogens with two attached hydrogens (primary N) is 1. The molecule has 0 aliphatic carbocycles. The Balaban J connectivity index is 2.24. The fourth-order valence-corrected chi connectivity index (χ4v) is 2.17. The van der Waals surface area contributed by atoms with Gasteiger partial charge in [0, 0.05) is 24.9 Å². The number of rotatable bonds is 5. The largest absolute Gasteiger partial charge is 0.493 e. The number of para-hydroxylation sites is 1. The highest BCUT2D eigenvalue weighted by atomic mass is 16.5. The van der Waals surface area contributed by atoms with Gasteiger partial charge in [-0.05, 0) is 6.07 Å². The van der Waals surface area contributed by atoms with Crippen molar-refractivity contribution in [1.82, 2.24) is 0 Å². The molecule has 3 N–H and O–H groups in total. The highest BCUT2D eigenvalue weighted by molar-refractivity contribution is 5.48. The fraction of sp³-hybridized carbons (Fsp3) is 0.571. The molecule has 0 amide bonds. The first-order valence-electron chi connectivity index (χ1n) is 6.55. The Hall–Kier alpha value is -1.30. The van der Waals surface area contributed by atoms with Gasteiger partial charge in [0.25, 0.3) is 0 Å². The molecule has 1 aromatic rings. The second-order valence-corrected chi connectivity index (χ2v) is 4.56. The van der Waals surface area contributed by atoms with Crippen LogP contribution in [0.2, 0.25) is 0 Å². The zero-order valence-corrected chi connectivity index (χ0v) is 11.2. The third-order valence-corrected chi connectivity index (χ3v) is 3.26. The number of aliphatic hydroxyl groups is 1. The van der Waals surface area contributed by atoms with E-state index in [1.807, 2.05) is 18.2 Å². The van der Waals surface area contributed by atoms with E-state index in [-0.39, 0.29) is 12.6 Å². The molecule has 1 aliphatic rings. The fourth-order valence-electron chi connectivity index (χ4n) is 2.17. The first kappa shape index (κ1) is 14.1. The van der Waals surface area contributed by atoms with E-state index in [0.717, 1.165) is 12.8 Å². The van der Waals surface area contributed by atoms with Crippen LogP contribution in [0, 0.1) is 0 Å². The Labute approximate surface area is 113 Å². The zero-order valence-electron chi connectivity index (χ0n) is 11.2. The summed E-state index contributed by atoms with van der Waals surface area (Å²) in [5.74, 6) is 1.21. The first-order chi connectivity index (χ1) is 9.26. The van der Waals surface area contributed by atoms with E-state index in [4.69, 9.17) is 19.9 Å². The van der Waals surface area contributed by atoms with Crippen LogP contribution >= 0.6 is 0 Å². The third-order valence-electron chi connectivity index (χ3n) is 3.26. The highest BCUT2D eigenvalue weighted by Gasteiger charge is 2.22. The molecule has 0 bridgehead atoms. The molecule has 5 nitrogen and oxygen atoms in total. The van der Waals surface area contributed by atoms with Crippen LogP contribution in [0.5, 0.6) is 11.5 Å². The van der Waals surface area contributed by atoms with Gasteiger partial charge in [0.1, 0.15) is 6.10 Å². The van der Waals surface area contributed by atoms with Gasteiger partial charge in [0.05, 0.1) is 26.4 Å². The molecule has 5 heteroatoms. The van der Waals surface area contributed by atoms with Crippen LogP contribution in [0.15, 0.2) is 18.2 Å². The van der Waals surface area contributed by atoms with Crippen LogP contribution < -0.4 is 15.2 Å². The SMILES string of the molecule is COc1cccc(C(O)CN)c1OC1CCOCC1. The van der Waals surface area contributed by atoms with Gasteiger partial charge in [0.2, 0.25) is 0 Å². The lowest BCUT2D eigenvalue weighted by atomic mass is 10.1. The predicted molar refractivity (Wildman–Crippen MR) is 71.5 cm³/mol. The van der Waals surface area contributed by atoms with Crippen molar-refractivity contribution in [1.29, 1.82) is 0 Å². The number of hydrogen-bond donors (Lipinski definition) is 2. The zero-order chi connectivity index (χ0) is 13.7. The molecule has 1 aliphatic heterocycles. The molecule has 0 spiro atoms. The summed E-state index contributed by atoms with van der Waals surface area (Å²) in [4.78, 5) is 0. The number of ether oxygens (including phenoxy) is 3. The van der Waals surface area contributed by atoms with E-state index < -0.39 is 6.10 Å². The van der Waals surface area contributed by atoms with Crippen LogP contribution in [-0.2, 0) is 4.74 Å². The summed E-state index contributed by atoms with van der Waals surface area (Å²) in [6.07, 6.45) is 1.03. The molecule has 1 atom stereocenters. The summed E-state index contributed by atoms with van der Waals surface area (Å²) in [6.45, 7) is 1.56. The molecule has 1 fully saturated rings. The molecule has 0 aromatic heterocycles. The summed E-state index contributed by atoms with van der Waals surface area (Å²) >= 11 is 0. The van der Waals surface area contributed by atoms with Crippen molar-refractivity contribution in [2.24, 2.45) is 5.73 Å². The molecule has 0 saturated carbocycles. The molecule has 1 unspecified atom stereocenters. The monoisotopic (exact) mass is 267 g/mol. The summed E-state index contributed by atoms with van der Waals surface area (Å²) in [5, 5.41) is 9.97. The highest BCUT2D eigenvalue weighted by Crippen LogP contribution is 2.36. The second kappa shape index (κ2) is 6.75. The number of methoxy groups -OCH3 is 1. The molecule has 1 heterocycles. The Morgan fingerprint density at radius 1 is 1.42 bits per heavy atom. The molecule has 1 aromatic carbocycles. The topological polar surface area (TPSA) is 73.9 Å². The smallest absolute Gasteiger partial charge is 0.167 e. The Morgan fingerprint density at radius 3 is 2.79 bits per heavy atom. The van der Waals surface area contributed by atoms with Crippen molar-refractivity contribution in [3.05, 3.63) is 23.8 Å². The van der Waals surface area contributed by atoms with Gasteiger partial charge in [-0.2, -0.15) is 0 Å². The van der Waals surface area contributed by atoms with Gasteiger partial charge >= 0.3 is 0 Å². The van der Waals surface area contributed by atoms with Crippen molar-refractivity contribution < 1.29 is 19.3 Å². The summed E-state index contributed by atoms with van der Waals surface area (Å²) < 4.78 is 16.6. The molecule has 2 rings (SSSR count). The van der Waals surface area contributed by atoms with Crippen molar-refractivity contribution in [3.8, 4) is 11.5 Å². The van der Waals surface area contributed by atoms with Crippen LogP contribution in [0.25, 0.3) is 0 Å². The molecule has 106 valence electrons. The lowest BCUT2D eigenvalue weighted by molar-refractivity contribution is 0.0230. The van der Waals surface area contributed by atoms with E-state index in [1.165, 1.54) is 0 Å². The maximum absolute atomic E-state index is 9.97. The number of aliphatic hydroxyl groups excluding tert-OH is 1.